The monoisotopic (exact) mass is 319 g/mol. The van der Waals surface area contributed by atoms with Crippen molar-refractivity contribution >= 4 is 23.7 Å². The number of nitrogens with two attached hydrogens (primary N) is 1. The molecule has 2 rings (SSSR count). The third-order valence-electron chi connectivity index (χ3n) is 3.02. The predicted octanol–water partition coefficient (Wildman–Crippen LogP) is 2.67. The second-order valence-corrected chi connectivity index (χ2v) is 5.90. The molecular weight excluding hydrogens is 298 g/mol. The molecule has 0 saturated heterocycles. The van der Waals surface area contributed by atoms with Gasteiger partial charge in [0.2, 0.25) is 11.9 Å². The topological polar surface area (TPSA) is 86.0 Å². The number of thioether (sulfide) groups is 1. The van der Waals surface area contributed by atoms with Crippen LogP contribution in [0.2, 0.25) is 0 Å². The Morgan fingerprint density at radius 1 is 1.27 bits per heavy atom. The Morgan fingerprint density at radius 3 is 2.77 bits per heavy atom. The summed E-state index contributed by atoms with van der Waals surface area (Å²) in [5.74, 6) is 1.58. The van der Waals surface area contributed by atoms with Crippen molar-refractivity contribution in [3.63, 3.8) is 0 Å². The molecule has 3 N–H and O–H groups in total. The first-order valence-electron chi connectivity index (χ1n) is 7.00. The molecule has 1 heterocycles. The van der Waals surface area contributed by atoms with Crippen molar-refractivity contribution in [2.75, 3.05) is 23.9 Å². The zero-order valence-electron chi connectivity index (χ0n) is 13.3. The van der Waals surface area contributed by atoms with E-state index in [4.69, 9.17) is 10.5 Å². The van der Waals surface area contributed by atoms with E-state index in [0.717, 1.165) is 11.3 Å². The number of hydrogen-bond donors (Lipinski definition) is 2. The number of rotatable bonds is 6. The average molecular weight is 319 g/mol. The van der Waals surface area contributed by atoms with Crippen molar-refractivity contribution in [1.82, 2.24) is 15.0 Å². The second kappa shape index (κ2) is 7.31. The summed E-state index contributed by atoms with van der Waals surface area (Å²) < 4.78 is 5.87. The van der Waals surface area contributed by atoms with Gasteiger partial charge in [-0.15, -0.1) is 0 Å². The normalized spacial score (nSPS) is 12.0. The maximum absolute atomic E-state index is 5.87. The van der Waals surface area contributed by atoms with Gasteiger partial charge in [0.05, 0.1) is 6.04 Å². The molecule has 6 nitrogen and oxygen atoms in total. The molecule has 2 aromatic rings. The number of aryl methyl sites for hydroxylation is 2. The zero-order valence-corrected chi connectivity index (χ0v) is 14.1. The Hall–Kier alpha value is -2.02. The van der Waals surface area contributed by atoms with Crippen molar-refractivity contribution in [2.24, 2.45) is 0 Å². The number of aromatic nitrogens is 3. The second-order valence-electron chi connectivity index (χ2n) is 5.13. The maximum atomic E-state index is 5.87. The van der Waals surface area contributed by atoms with Crippen LogP contribution in [-0.2, 0) is 0 Å². The molecule has 0 saturated carbocycles. The standard InChI is InChI=1S/C15H21N5OS/c1-9-5-6-10(2)12(7-9)21-8-11(3)17-14-18-13(16)19-15(20-14)22-4/h5-7,11H,8H2,1-4H3,(H3,16,17,18,19,20). The van der Waals surface area contributed by atoms with Crippen LogP contribution in [0.5, 0.6) is 5.75 Å². The van der Waals surface area contributed by atoms with Crippen molar-refractivity contribution < 1.29 is 4.74 Å². The number of benzene rings is 1. The summed E-state index contributed by atoms with van der Waals surface area (Å²) in [7, 11) is 0. The number of nitrogens with zero attached hydrogens (tertiary/aromatic N) is 3. The first kappa shape index (κ1) is 16.4. The first-order chi connectivity index (χ1) is 10.5. The molecule has 118 valence electrons. The van der Waals surface area contributed by atoms with Crippen LogP contribution in [0.25, 0.3) is 0 Å². The van der Waals surface area contributed by atoms with Gasteiger partial charge < -0.3 is 15.8 Å². The highest BCUT2D eigenvalue weighted by molar-refractivity contribution is 7.98. The van der Waals surface area contributed by atoms with E-state index in [1.807, 2.05) is 33.1 Å². The molecule has 0 spiro atoms. The van der Waals surface area contributed by atoms with Crippen LogP contribution in [0, 0.1) is 13.8 Å². The fourth-order valence-electron chi connectivity index (χ4n) is 1.87. The third-order valence-corrected chi connectivity index (χ3v) is 3.57. The van der Waals surface area contributed by atoms with E-state index >= 15 is 0 Å². The highest BCUT2D eigenvalue weighted by atomic mass is 32.2. The number of ether oxygens (including phenoxy) is 1. The Balaban J connectivity index is 1.97. The molecule has 0 aliphatic carbocycles. The van der Waals surface area contributed by atoms with Crippen molar-refractivity contribution in [1.29, 1.82) is 0 Å². The van der Waals surface area contributed by atoms with E-state index in [1.54, 1.807) is 0 Å². The molecule has 1 atom stereocenters. The molecule has 0 fully saturated rings. The van der Waals surface area contributed by atoms with Gasteiger partial charge in [-0.2, -0.15) is 15.0 Å². The van der Waals surface area contributed by atoms with Gasteiger partial charge >= 0.3 is 0 Å². The molecule has 1 aromatic carbocycles. The minimum absolute atomic E-state index is 0.0384. The number of nitrogens with one attached hydrogen (secondary N) is 1. The first-order valence-corrected chi connectivity index (χ1v) is 8.22. The number of nitrogen functional groups attached to an aromatic ring is 1. The minimum atomic E-state index is 0.0384. The molecule has 0 radical (unpaired) electrons. The van der Waals surface area contributed by atoms with E-state index in [1.165, 1.54) is 17.3 Å². The van der Waals surface area contributed by atoms with Crippen LogP contribution in [-0.4, -0.2) is 33.9 Å². The van der Waals surface area contributed by atoms with Crippen LogP contribution >= 0.6 is 11.8 Å². The van der Waals surface area contributed by atoms with Crippen LogP contribution < -0.4 is 15.8 Å². The summed E-state index contributed by atoms with van der Waals surface area (Å²) in [6.45, 7) is 6.59. The van der Waals surface area contributed by atoms with Crippen LogP contribution in [0.3, 0.4) is 0 Å². The Bertz CT molecular complexity index is 650. The Kier molecular flexibility index (Phi) is 5.43. The van der Waals surface area contributed by atoms with Gasteiger partial charge in [0.25, 0.3) is 0 Å². The van der Waals surface area contributed by atoms with Crippen LogP contribution in [0.4, 0.5) is 11.9 Å². The maximum Gasteiger partial charge on any atom is 0.228 e. The summed E-state index contributed by atoms with van der Waals surface area (Å²) in [4.78, 5) is 12.4. The molecular formula is C15H21N5OS. The number of hydrogen-bond acceptors (Lipinski definition) is 7. The lowest BCUT2D eigenvalue weighted by atomic mass is 10.1. The molecule has 0 bridgehead atoms. The van der Waals surface area contributed by atoms with E-state index in [-0.39, 0.29) is 12.0 Å². The zero-order chi connectivity index (χ0) is 16.1. The lowest BCUT2D eigenvalue weighted by Crippen LogP contribution is -2.25. The van der Waals surface area contributed by atoms with Gasteiger partial charge in [0.1, 0.15) is 12.4 Å². The van der Waals surface area contributed by atoms with Gasteiger partial charge in [-0.3, -0.25) is 0 Å². The van der Waals surface area contributed by atoms with Crippen molar-refractivity contribution in [3.8, 4) is 5.75 Å². The van der Waals surface area contributed by atoms with Crippen LogP contribution in [0.1, 0.15) is 18.1 Å². The fraction of sp³-hybridized carbons (Fsp3) is 0.400. The molecule has 7 heteroatoms. The summed E-state index contributed by atoms with van der Waals surface area (Å²) in [5.41, 5.74) is 7.96. The molecule has 1 aromatic heterocycles. The molecule has 0 aliphatic heterocycles. The minimum Gasteiger partial charge on any atom is -0.491 e. The highest BCUT2D eigenvalue weighted by Gasteiger charge is 2.09. The van der Waals surface area contributed by atoms with E-state index in [9.17, 15) is 0 Å². The number of anilines is 2. The summed E-state index contributed by atoms with van der Waals surface area (Å²) in [6, 6.07) is 6.20. The summed E-state index contributed by atoms with van der Waals surface area (Å²) in [5, 5.41) is 3.78. The van der Waals surface area contributed by atoms with Gasteiger partial charge in [0.15, 0.2) is 5.16 Å². The Morgan fingerprint density at radius 2 is 2.05 bits per heavy atom. The van der Waals surface area contributed by atoms with Crippen molar-refractivity contribution in [3.05, 3.63) is 29.3 Å². The van der Waals surface area contributed by atoms with Gasteiger partial charge in [0, 0.05) is 0 Å². The van der Waals surface area contributed by atoms with E-state index < -0.39 is 0 Å². The summed E-state index contributed by atoms with van der Waals surface area (Å²) in [6.07, 6.45) is 1.89. The SMILES string of the molecule is CSc1nc(N)nc(NC(C)COc2cc(C)ccc2C)n1. The molecule has 1 unspecified atom stereocenters. The van der Waals surface area contributed by atoms with Crippen LogP contribution in [0.15, 0.2) is 23.4 Å². The fourth-order valence-corrected chi connectivity index (χ4v) is 2.23. The highest BCUT2D eigenvalue weighted by Crippen LogP contribution is 2.19. The smallest absolute Gasteiger partial charge is 0.228 e. The molecule has 0 amide bonds. The quantitative estimate of drug-likeness (QED) is 0.792. The van der Waals surface area contributed by atoms with Gasteiger partial charge in [-0.05, 0) is 44.2 Å². The predicted molar refractivity (Wildman–Crippen MR) is 90.5 cm³/mol. The Labute approximate surface area is 134 Å². The average Bonchev–Trinajstić information content (AvgIpc) is 2.47. The van der Waals surface area contributed by atoms with E-state index in [0.29, 0.717) is 17.7 Å². The van der Waals surface area contributed by atoms with Gasteiger partial charge in [-0.25, -0.2) is 0 Å². The van der Waals surface area contributed by atoms with Gasteiger partial charge in [-0.1, -0.05) is 23.9 Å². The molecule has 0 aliphatic rings. The third kappa shape index (κ3) is 4.49. The lowest BCUT2D eigenvalue weighted by molar-refractivity contribution is 0.301. The van der Waals surface area contributed by atoms with E-state index in [2.05, 4.69) is 32.4 Å². The molecule has 22 heavy (non-hydrogen) atoms. The lowest BCUT2D eigenvalue weighted by Gasteiger charge is -2.16. The largest absolute Gasteiger partial charge is 0.491 e. The summed E-state index contributed by atoms with van der Waals surface area (Å²) >= 11 is 1.42. The van der Waals surface area contributed by atoms with Crippen molar-refractivity contribution in [2.45, 2.75) is 32.0 Å².